The van der Waals surface area contributed by atoms with Gasteiger partial charge in [-0.3, -0.25) is 4.79 Å². The molecule has 31 heavy (non-hydrogen) atoms. The summed E-state index contributed by atoms with van der Waals surface area (Å²) in [7, 11) is 0. The van der Waals surface area contributed by atoms with Gasteiger partial charge in [-0.15, -0.1) is 0 Å². The highest BCUT2D eigenvalue weighted by molar-refractivity contribution is 8.18. The first-order valence-electron chi connectivity index (χ1n) is 9.42. The van der Waals surface area contributed by atoms with E-state index in [-0.39, 0.29) is 16.5 Å². The second-order valence-corrected chi connectivity index (χ2v) is 8.12. The number of benzene rings is 2. The van der Waals surface area contributed by atoms with Crippen molar-refractivity contribution in [2.75, 3.05) is 0 Å². The van der Waals surface area contributed by atoms with Crippen LogP contribution in [-0.4, -0.2) is 17.0 Å². The van der Waals surface area contributed by atoms with Crippen LogP contribution in [0.4, 0.5) is 5.69 Å². The van der Waals surface area contributed by atoms with Crippen molar-refractivity contribution in [3.05, 3.63) is 81.4 Å². The van der Waals surface area contributed by atoms with Gasteiger partial charge in [-0.2, -0.15) is 0 Å². The number of carboxylic acid groups (broad SMARTS) is 1. The Morgan fingerprint density at radius 3 is 2.68 bits per heavy atom. The van der Waals surface area contributed by atoms with Crippen molar-refractivity contribution in [1.82, 2.24) is 5.32 Å². The van der Waals surface area contributed by atoms with Crippen LogP contribution in [0.3, 0.4) is 0 Å². The number of carboxylic acids is 1. The first-order valence-corrected chi connectivity index (χ1v) is 10.6. The largest absolute Gasteiger partial charge is 0.545 e. The highest BCUT2D eigenvalue weighted by Crippen LogP contribution is 2.31. The molecule has 0 atom stereocenters. The summed E-state index contributed by atoms with van der Waals surface area (Å²) in [6.45, 7) is 2.08. The fraction of sp³-hybridized carbons (Fsp3) is 0.0870. The molecule has 0 aliphatic carbocycles. The third-order valence-electron chi connectivity index (χ3n) is 4.60. The average molecular weight is 452 g/mol. The summed E-state index contributed by atoms with van der Waals surface area (Å²) in [4.78, 5) is 28.4. The fourth-order valence-electron chi connectivity index (χ4n) is 2.95. The topological polar surface area (TPSA) is 94.7 Å². The number of thioether (sulfide) groups is 1. The average Bonchev–Trinajstić information content (AvgIpc) is 3.35. The monoisotopic (exact) mass is 451 g/mol. The molecule has 0 unspecified atom stereocenters. The Labute approximate surface area is 187 Å². The molecule has 1 aliphatic heterocycles. The van der Waals surface area contributed by atoms with E-state index in [0.29, 0.717) is 27.2 Å². The lowest BCUT2D eigenvalue weighted by atomic mass is 10.1. The Morgan fingerprint density at radius 2 is 1.97 bits per heavy atom. The van der Waals surface area contributed by atoms with Crippen molar-refractivity contribution in [2.24, 2.45) is 4.99 Å². The molecular weight excluding hydrogens is 436 g/mol. The number of nitrogens with zero attached hydrogens (tertiary/aromatic N) is 1. The maximum Gasteiger partial charge on any atom is 0.264 e. The predicted molar refractivity (Wildman–Crippen MR) is 120 cm³/mol. The molecule has 3 aromatic rings. The molecule has 1 aliphatic rings. The third-order valence-corrected chi connectivity index (χ3v) is 5.84. The van der Waals surface area contributed by atoms with E-state index in [4.69, 9.17) is 16.0 Å². The summed E-state index contributed by atoms with van der Waals surface area (Å²) in [5.41, 5.74) is 2.39. The Kier molecular flexibility index (Phi) is 5.97. The summed E-state index contributed by atoms with van der Waals surface area (Å²) >= 11 is 7.10. The Morgan fingerprint density at radius 1 is 1.19 bits per heavy atom. The number of amidine groups is 1. The van der Waals surface area contributed by atoms with Gasteiger partial charge < -0.3 is 19.6 Å². The van der Waals surface area contributed by atoms with Crippen molar-refractivity contribution in [3.63, 3.8) is 0 Å². The molecule has 156 valence electrons. The zero-order chi connectivity index (χ0) is 22.0. The van der Waals surface area contributed by atoms with Crippen molar-refractivity contribution >= 4 is 52.2 Å². The maximum atomic E-state index is 12.3. The molecule has 1 N–H and O–H groups in total. The zero-order valence-corrected chi connectivity index (χ0v) is 17.9. The van der Waals surface area contributed by atoms with Gasteiger partial charge in [0.2, 0.25) is 0 Å². The molecule has 1 amide bonds. The van der Waals surface area contributed by atoms with E-state index in [1.54, 1.807) is 24.3 Å². The van der Waals surface area contributed by atoms with E-state index < -0.39 is 5.97 Å². The van der Waals surface area contributed by atoms with Gasteiger partial charge in [0.25, 0.3) is 5.91 Å². The molecular formula is C23H16ClN2O4S-. The molecule has 8 heteroatoms. The number of aliphatic imine (C=N–C) groups is 1. The Hall–Kier alpha value is -3.29. The number of hydrogen-bond donors (Lipinski definition) is 1. The fourth-order valence-corrected chi connectivity index (χ4v) is 3.97. The lowest BCUT2D eigenvalue weighted by Gasteiger charge is -2.06. The minimum Gasteiger partial charge on any atom is -0.545 e. The van der Waals surface area contributed by atoms with E-state index in [0.717, 1.165) is 12.1 Å². The van der Waals surface area contributed by atoms with Crippen molar-refractivity contribution in [1.29, 1.82) is 0 Å². The number of hydrogen-bond acceptors (Lipinski definition) is 6. The van der Waals surface area contributed by atoms with Gasteiger partial charge >= 0.3 is 0 Å². The first-order chi connectivity index (χ1) is 14.9. The molecule has 1 aromatic heterocycles. The normalized spacial score (nSPS) is 16.1. The molecule has 1 fully saturated rings. The molecule has 2 heterocycles. The Bertz CT molecular complexity index is 1230. The standard InChI is InChI=1S/C23H17ClN2O4S/c1-2-13-3-6-15(7-4-13)25-23-26-21(27)20(31-23)12-16-8-10-19(30-16)14-5-9-18(24)17(11-14)22(28)29/h3-12H,2H2,1H3,(H,28,29)(H,25,26,27)/p-1/b20-12-. The molecule has 0 saturated carbocycles. The summed E-state index contributed by atoms with van der Waals surface area (Å²) in [5, 5.41) is 14.5. The minimum atomic E-state index is -1.36. The first kappa shape index (κ1) is 21.0. The van der Waals surface area contributed by atoms with Crippen LogP contribution in [0, 0.1) is 0 Å². The number of amides is 1. The van der Waals surface area contributed by atoms with E-state index in [1.165, 1.54) is 29.5 Å². The summed E-state index contributed by atoms with van der Waals surface area (Å²) in [6.07, 6.45) is 2.56. The lowest BCUT2D eigenvalue weighted by molar-refractivity contribution is -0.255. The van der Waals surface area contributed by atoms with Gasteiger partial charge in [-0.1, -0.05) is 30.7 Å². The molecule has 2 aromatic carbocycles. The van der Waals surface area contributed by atoms with Gasteiger partial charge in [-0.25, -0.2) is 4.99 Å². The number of carbonyl (C=O) groups is 2. The minimum absolute atomic E-state index is 0.0906. The maximum absolute atomic E-state index is 12.3. The van der Waals surface area contributed by atoms with Crippen molar-refractivity contribution < 1.29 is 19.1 Å². The molecule has 0 spiro atoms. The van der Waals surface area contributed by atoms with Crippen LogP contribution < -0.4 is 10.4 Å². The summed E-state index contributed by atoms with van der Waals surface area (Å²) in [6, 6.07) is 15.7. The van der Waals surface area contributed by atoms with Crippen LogP contribution in [0.1, 0.15) is 28.6 Å². The quantitative estimate of drug-likeness (QED) is 0.579. The van der Waals surface area contributed by atoms with Crippen molar-refractivity contribution in [3.8, 4) is 11.3 Å². The van der Waals surface area contributed by atoms with Crippen molar-refractivity contribution in [2.45, 2.75) is 13.3 Å². The number of nitrogens with one attached hydrogen (secondary N) is 1. The van der Waals surface area contributed by atoms with Crippen LogP contribution in [0.15, 0.2) is 68.9 Å². The summed E-state index contributed by atoms with van der Waals surface area (Å²) < 4.78 is 5.77. The van der Waals surface area contributed by atoms with Crippen LogP contribution in [0.5, 0.6) is 0 Å². The van der Waals surface area contributed by atoms with Gasteiger partial charge in [-0.05, 0) is 66.2 Å². The van der Waals surface area contributed by atoms with E-state index in [9.17, 15) is 14.7 Å². The van der Waals surface area contributed by atoms with E-state index >= 15 is 0 Å². The van der Waals surface area contributed by atoms with E-state index in [1.807, 2.05) is 24.3 Å². The van der Waals surface area contributed by atoms with Crippen LogP contribution in [0.2, 0.25) is 5.02 Å². The number of rotatable bonds is 5. The smallest absolute Gasteiger partial charge is 0.264 e. The molecule has 1 saturated heterocycles. The number of carbonyl (C=O) groups excluding carboxylic acids is 2. The lowest BCUT2D eigenvalue weighted by Crippen LogP contribution is -2.22. The van der Waals surface area contributed by atoms with Gasteiger partial charge in [0.05, 0.1) is 16.6 Å². The van der Waals surface area contributed by atoms with Crippen LogP contribution in [0.25, 0.3) is 17.4 Å². The number of halogens is 1. The van der Waals surface area contributed by atoms with Gasteiger partial charge in [0.15, 0.2) is 5.17 Å². The highest BCUT2D eigenvalue weighted by Gasteiger charge is 2.24. The number of furan rings is 1. The Balaban J connectivity index is 1.54. The molecule has 0 bridgehead atoms. The number of aryl methyl sites for hydroxylation is 1. The molecule has 0 radical (unpaired) electrons. The summed E-state index contributed by atoms with van der Waals surface area (Å²) in [5.74, 6) is -0.737. The van der Waals surface area contributed by atoms with Crippen LogP contribution >= 0.6 is 23.4 Å². The second-order valence-electron chi connectivity index (χ2n) is 6.69. The zero-order valence-electron chi connectivity index (χ0n) is 16.3. The van der Waals surface area contributed by atoms with E-state index in [2.05, 4.69) is 17.2 Å². The second kappa shape index (κ2) is 8.83. The highest BCUT2D eigenvalue weighted by atomic mass is 35.5. The molecule has 6 nitrogen and oxygen atoms in total. The SMILES string of the molecule is CCc1ccc(N=C2NC(=O)/C(=C/c3ccc(-c4ccc(Cl)c(C(=O)[O-])c4)o3)S2)cc1. The van der Waals surface area contributed by atoms with Gasteiger partial charge in [0, 0.05) is 22.2 Å². The number of aromatic carboxylic acids is 1. The predicted octanol–water partition coefficient (Wildman–Crippen LogP) is 4.42. The third kappa shape index (κ3) is 4.73. The van der Waals surface area contributed by atoms with Crippen LogP contribution in [-0.2, 0) is 11.2 Å². The van der Waals surface area contributed by atoms with Gasteiger partial charge in [0.1, 0.15) is 11.5 Å². The molecule has 4 rings (SSSR count).